The molecule has 1 fully saturated rings. The third-order valence-electron chi connectivity index (χ3n) is 1.86. The number of hydrogen-bond donors (Lipinski definition) is 1. The van der Waals surface area contributed by atoms with Gasteiger partial charge in [0.25, 0.3) is 0 Å². The molecular formula is C9H15IN2O3. The molecule has 1 rings (SSSR count). The van der Waals surface area contributed by atoms with Crippen LogP contribution in [0, 0.1) is 0 Å². The van der Waals surface area contributed by atoms with E-state index in [1.54, 1.807) is 20.8 Å². The molecule has 0 saturated carbocycles. The SMILES string of the molecule is CC(C)(C)OC(=O)N(I)[C@H]1CCNC1=O. The molecule has 0 aromatic rings. The maximum Gasteiger partial charge on any atom is 0.419 e. The van der Waals surface area contributed by atoms with Crippen molar-refractivity contribution in [2.45, 2.75) is 38.8 Å². The van der Waals surface area contributed by atoms with Crippen LogP contribution in [0.1, 0.15) is 27.2 Å². The van der Waals surface area contributed by atoms with Crippen LogP contribution >= 0.6 is 22.9 Å². The number of rotatable bonds is 1. The predicted octanol–water partition coefficient (Wildman–Crippen LogP) is 1.46. The van der Waals surface area contributed by atoms with E-state index in [0.717, 1.165) is 0 Å². The Morgan fingerprint density at radius 2 is 2.20 bits per heavy atom. The zero-order valence-electron chi connectivity index (χ0n) is 9.04. The fraction of sp³-hybridized carbons (Fsp3) is 0.778. The van der Waals surface area contributed by atoms with E-state index in [1.165, 1.54) is 3.11 Å². The summed E-state index contributed by atoms with van der Waals surface area (Å²) in [5.41, 5.74) is -0.532. The monoisotopic (exact) mass is 326 g/mol. The summed E-state index contributed by atoms with van der Waals surface area (Å²) in [6.07, 6.45) is 0.172. The molecule has 1 saturated heterocycles. The van der Waals surface area contributed by atoms with Crippen LogP contribution in [-0.4, -0.2) is 33.3 Å². The van der Waals surface area contributed by atoms with Gasteiger partial charge in [0, 0.05) is 6.54 Å². The van der Waals surface area contributed by atoms with Gasteiger partial charge in [-0.1, -0.05) is 0 Å². The lowest BCUT2D eigenvalue weighted by Gasteiger charge is -2.25. The largest absolute Gasteiger partial charge is 0.443 e. The van der Waals surface area contributed by atoms with Crippen LogP contribution < -0.4 is 5.32 Å². The fourth-order valence-corrected chi connectivity index (χ4v) is 1.86. The van der Waals surface area contributed by atoms with Crippen molar-refractivity contribution in [1.82, 2.24) is 8.43 Å². The normalized spacial score (nSPS) is 21.1. The number of nitrogens with zero attached hydrogens (tertiary/aromatic N) is 1. The Hall–Kier alpha value is -0.530. The van der Waals surface area contributed by atoms with Crippen molar-refractivity contribution >= 4 is 34.9 Å². The predicted molar refractivity (Wildman–Crippen MR) is 63.5 cm³/mol. The van der Waals surface area contributed by atoms with Crippen molar-refractivity contribution in [3.8, 4) is 0 Å². The summed E-state index contributed by atoms with van der Waals surface area (Å²) < 4.78 is 6.48. The van der Waals surface area contributed by atoms with Gasteiger partial charge >= 0.3 is 6.09 Å². The number of hydrogen-bond acceptors (Lipinski definition) is 3. The molecule has 0 radical (unpaired) electrons. The van der Waals surface area contributed by atoms with Gasteiger partial charge < -0.3 is 10.1 Å². The average Bonchev–Trinajstić information content (AvgIpc) is 2.47. The highest BCUT2D eigenvalue weighted by Crippen LogP contribution is 2.19. The van der Waals surface area contributed by atoms with Gasteiger partial charge in [0.1, 0.15) is 11.6 Å². The Kier molecular flexibility index (Phi) is 3.80. The first-order valence-corrected chi connectivity index (χ1v) is 5.73. The summed E-state index contributed by atoms with van der Waals surface area (Å²) in [6, 6.07) is -0.402. The maximum atomic E-state index is 11.6. The molecule has 15 heavy (non-hydrogen) atoms. The molecule has 0 spiro atoms. The van der Waals surface area contributed by atoms with E-state index in [1.807, 2.05) is 22.9 Å². The molecule has 5 nitrogen and oxygen atoms in total. The minimum Gasteiger partial charge on any atom is -0.443 e. The van der Waals surface area contributed by atoms with Gasteiger partial charge in [-0.3, -0.25) is 4.79 Å². The maximum absolute atomic E-state index is 11.6. The van der Waals surface area contributed by atoms with Gasteiger partial charge in [0.15, 0.2) is 0 Å². The fourth-order valence-electron chi connectivity index (χ4n) is 1.23. The lowest BCUT2D eigenvalue weighted by Crippen LogP contribution is -2.40. The first kappa shape index (κ1) is 12.5. The molecule has 1 N–H and O–H groups in total. The van der Waals surface area contributed by atoms with Crippen LogP contribution in [-0.2, 0) is 9.53 Å². The molecule has 1 aliphatic heterocycles. The zero-order chi connectivity index (χ0) is 11.6. The number of amides is 2. The quantitative estimate of drug-likeness (QED) is 0.586. The van der Waals surface area contributed by atoms with E-state index >= 15 is 0 Å². The van der Waals surface area contributed by atoms with Gasteiger partial charge in [0.2, 0.25) is 5.91 Å². The average molecular weight is 326 g/mol. The second-order valence-electron chi connectivity index (χ2n) is 4.39. The molecule has 2 amide bonds. The standard InChI is InChI=1S/C9H15IN2O3/c1-9(2,3)15-8(14)12(10)6-4-5-11-7(6)13/h6H,4-5H2,1-3H3,(H,11,13)/t6-/m0/s1. The molecule has 0 unspecified atom stereocenters. The molecule has 1 heterocycles. The van der Waals surface area contributed by atoms with Gasteiger partial charge in [-0.05, 0) is 27.2 Å². The highest BCUT2D eigenvalue weighted by molar-refractivity contribution is 14.1. The topological polar surface area (TPSA) is 58.6 Å². The van der Waals surface area contributed by atoms with Crippen molar-refractivity contribution in [3.63, 3.8) is 0 Å². The lowest BCUT2D eigenvalue weighted by atomic mass is 10.2. The summed E-state index contributed by atoms with van der Waals surface area (Å²) in [4.78, 5) is 22.9. The van der Waals surface area contributed by atoms with E-state index in [2.05, 4.69) is 5.32 Å². The zero-order valence-corrected chi connectivity index (χ0v) is 11.2. The Morgan fingerprint density at radius 3 is 2.60 bits per heavy atom. The van der Waals surface area contributed by atoms with Crippen LogP contribution in [0.2, 0.25) is 0 Å². The van der Waals surface area contributed by atoms with Crippen molar-refractivity contribution in [2.75, 3.05) is 6.54 Å². The second kappa shape index (κ2) is 4.54. The smallest absolute Gasteiger partial charge is 0.419 e. The van der Waals surface area contributed by atoms with Crippen molar-refractivity contribution in [2.24, 2.45) is 0 Å². The van der Waals surface area contributed by atoms with Gasteiger partial charge in [-0.15, -0.1) is 0 Å². The Balaban J connectivity index is 2.56. The second-order valence-corrected chi connectivity index (χ2v) is 5.43. The molecule has 0 aromatic heterocycles. The molecule has 0 bridgehead atoms. The van der Waals surface area contributed by atoms with Gasteiger partial charge in [-0.2, -0.15) is 0 Å². The minimum absolute atomic E-state index is 0.116. The Morgan fingerprint density at radius 1 is 1.60 bits per heavy atom. The number of nitrogens with one attached hydrogen (secondary N) is 1. The highest BCUT2D eigenvalue weighted by Gasteiger charge is 2.34. The van der Waals surface area contributed by atoms with E-state index in [-0.39, 0.29) is 5.91 Å². The first-order chi connectivity index (χ1) is 6.81. The lowest BCUT2D eigenvalue weighted by molar-refractivity contribution is -0.121. The van der Waals surface area contributed by atoms with E-state index < -0.39 is 17.7 Å². The van der Waals surface area contributed by atoms with Crippen LogP contribution in [0.25, 0.3) is 0 Å². The molecular weight excluding hydrogens is 311 g/mol. The van der Waals surface area contributed by atoms with Crippen LogP contribution in [0.4, 0.5) is 4.79 Å². The summed E-state index contributed by atoms with van der Waals surface area (Å²) in [6.45, 7) is 6.00. The number of ether oxygens (including phenoxy) is 1. The van der Waals surface area contributed by atoms with E-state index in [0.29, 0.717) is 13.0 Å². The number of carbonyl (C=O) groups is 2. The molecule has 86 valence electrons. The summed E-state index contributed by atoms with van der Waals surface area (Å²) in [5, 5.41) is 2.68. The Labute approximate surface area is 103 Å². The van der Waals surface area contributed by atoms with Crippen LogP contribution in [0.5, 0.6) is 0 Å². The third-order valence-corrected chi connectivity index (χ3v) is 2.93. The van der Waals surface area contributed by atoms with E-state index in [4.69, 9.17) is 4.74 Å². The number of halogens is 1. The van der Waals surface area contributed by atoms with Crippen molar-refractivity contribution < 1.29 is 14.3 Å². The van der Waals surface area contributed by atoms with Crippen LogP contribution in [0.15, 0.2) is 0 Å². The molecule has 1 atom stereocenters. The van der Waals surface area contributed by atoms with E-state index in [9.17, 15) is 9.59 Å². The first-order valence-electron chi connectivity index (χ1n) is 4.77. The highest BCUT2D eigenvalue weighted by atomic mass is 127. The summed E-state index contributed by atoms with van der Waals surface area (Å²) in [5.74, 6) is -0.116. The third kappa shape index (κ3) is 3.51. The number of carbonyl (C=O) groups excluding carboxylic acids is 2. The molecule has 0 aliphatic carbocycles. The van der Waals surface area contributed by atoms with Gasteiger partial charge in [0.05, 0.1) is 22.9 Å². The van der Waals surface area contributed by atoms with Gasteiger partial charge in [-0.25, -0.2) is 7.91 Å². The molecule has 6 heteroatoms. The minimum atomic E-state index is -0.532. The molecule has 0 aromatic carbocycles. The van der Waals surface area contributed by atoms with Crippen molar-refractivity contribution in [1.29, 1.82) is 0 Å². The van der Waals surface area contributed by atoms with Crippen LogP contribution in [0.3, 0.4) is 0 Å². The Bertz CT molecular complexity index is 275. The summed E-state index contributed by atoms with van der Waals surface area (Å²) in [7, 11) is 0. The van der Waals surface area contributed by atoms with Crippen molar-refractivity contribution in [3.05, 3.63) is 0 Å². The molecule has 1 aliphatic rings. The summed E-state index contributed by atoms with van der Waals surface area (Å²) >= 11 is 1.82.